The summed E-state index contributed by atoms with van der Waals surface area (Å²) in [6.45, 7) is -1.55. The molecule has 0 spiro atoms. The number of hydrogen-bond acceptors (Lipinski definition) is 3. The number of halogens is 3. The van der Waals surface area contributed by atoms with Gasteiger partial charge in [0.25, 0.3) is 5.91 Å². The number of nitrogens with two attached hydrogens (primary N) is 1. The van der Waals surface area contributed by atoms with Gasteiger partial charge in [0.15, 0.2) is 0 Å². The van der Waals surface area contributed by atoms with Gasteiger partial charge in [-0.1, -0.05) is 30.3 Å². The smallest absolute Gasteiger partial charge is 0.368 e. The normalized spacial score (nSPS) is 16.3. The Morgan fingerprint density at radius 2 is 1.78 bits per heavy atom. The fourth-order valence-electron chi connectivity index (χ4n) is 3.03. The molecule has 0 saturated carbocycles. The predicted molar refractivity (Wildman–Crippen MR) is 92.1 cm³/mol. The predicted octanol–water partition coefficient (Wildman–Crippen LogP) is 2.82. The van der Waals surface area contributed by atoms with Crippen molar-refractivity contribution in [2.75, 3.05) is 11.5 Å². The third-order valence-electron chi connectivity index (χ3n) is 4.26. The van der Waals surface area contributed by atoms with Crippen molar-refractivity contribution in [2.45, 2.75) is 25.2 Å². The number of anilines is 1. The maximum absolute atomic E-state index is 12.9. The van der Waals surface area contributed by atoms with Gasteiger partial charge in [-0.2, -0.15) is 13.2 Å². The highest BCUT2D eigenvalue weighted by molar-refractivity contribution is 6.11. The van der Waals surface area contributed by atoms with Crippen LogP contribution in [-0.2, 0) is 22.6 Å². The van der Waals surface area contributed by atoms with E-state index in [1.54, 1.807) is 12.1 Å². The first-order chi connectivity index (χ1) is 12.8. The second-order valence-corrected chi connectivity index (χ2v) is 6.23. The molecule has 2 aromatic rings. The monoisotopic (exact) mass is 378 g/mol. The largest absolute Gasteiger partial charge is 0.411 e. The van der Waals surface area contributed by atoms with Crippen molar-refractivity contribution < 1.29 is 27.5 Å². The maximum atomic E-state index is 12.9. The average Bonchev–Trinajstić information content (AvgIpc) is 3.00. The molecule has 27 heavy (non-hydrogen) atoms. The second kappa shape index (κ2) is 7.40. The number of carbonyl (C=O) groups is 2. The molecule has 1 heterocycles. The molecule has 0 fully saturated rings. The molecule has 142 valence electrons. The molecule has 2 aromatic carbocycles. The van der Waals surface area contributed by atoms with Crippen LogP contribution in [0, 0.1) is 0 Å². The average molecular weight is 378 g/mol. The summed E-state index contributed by atoms with van der Waals surface area (Å²) in [5.74, 6) is -0.997. The molecule has 1 aliphatic heterocycles. The molecular formula is C19H17F3N2O3. The Morgan fingerprint density at radius 1 is 1.11 bits per heavy atom. The van der Waals surface area contributed by atoms with Crippen molar-refractivity contribution >= 4 is 17.5 Å². The van der Waals surface area contributed by atoms with E-state index in [-0.39, 0.29) is 6.61 Å². The summed E-state index contributed by atoms with van der Waals surface area (Å²) in [4.78, 5) is 26.1. The molecule has 1 atom stereocenters. The topological polar surface area (TPSA) is 72.6 Å². The minimum absolute atomic E-state index is 0.218. The van der Waals surface area contributed by atoms with Gasteiger partial charge in [0.1, 0.15) is 12.6 Å². The first-order valence-corrected chi connectivity index (χ1v) is 8.20. The molecule has 2 amide bonds. The van der Waals surface area contributed by atoms with E-state index < -0.39 is 30.6 Å². The van der Waals surface area contributed by atoms with Gasteiger partial charge in [0.2, 0.25) is 5.91 Å². The molecule has 0 aromatic heterocycles. The molecule has 0 bridgehead atoms. The number of fused-ring (bicyclic) bond motifs is 1. The number of para-hydroxylation sites is 1. The Bertz CT molecular complexity index is 850. The molecule has 0 radical (unpaired) electrons. The third-order valence-corrected chi connectivity index (χ3v) is 4.26. The van der Waals surface area contributed by atoms with Crippen LogP contribution in [0.15, 0.2) is 48.5 Å². The fourth-order valence-corrected chi connectivity index (χ4v) is 3.03. The van der Waals surface area contributed by atoms with E-state index >= 15 is 0 Å². The van der Waals surface area contributed by atoms with E-state index in [2.05, 4.69) is 4.74 Å². The summed E-state index contributed by atoms with van der Waals surface area (Å²) >= 11 is 0. The lowest BCUT2D eigenvalue weighted by molar-refractivity contribution is -0.176. The second-order valence-electron chi connectivity index (χ2n) is 6.23. The Labute approximate surface area is 153 Å². The molecular weight excluding hydrogens is 361 g/mol. The Balaban J connectivity index is 1.76. The Morgan fingerprint density at radius 3 is 2.41 bits per heavy atom. The standard InChI is InChI=1S/C19H17F3N2O3/c20-19(21,22)11-27-10-12-5-7-13(8-6-12)18(26)24-15-4-2-1-3-14(15)9-16(24)17(23)25/h1-8,16H,9-11H2,(H2,23,25)/t16-/m0/s1. The summed E-state index contributed by atoms with van der Waals surface area (Å²) in [6, 6.07) is 12.4. The van der Waals surface area contributed by atoms with Crippen LogP contribution in [0.2, 0.25) is 0 Å². The SMILES string of the molecule is NC(=O)[C@@H]1Cc2ccccc2N1C(=O)c1ccc(COCC(F)(F)F)cc1. The summed E-state index contributed by atoms with van der Waals surface area (Å²) in [7, 11) is 0. The number of primary amides is 1. The van der Waals surface area contributed by atoms with Gasteiger partial charge in [-0.15, -0.1) is 0 Å². The van der Waals surface area contributed by atoms with Crippen LogP contribution in [0.25, 0.3) is 0 Å². The highest BCUT2D eigenvalue weighted by Crippen LogP contribution is 2.33. The summed E-state index contributed by atoms with van der Waals surface area (Å²) in [5, 5.41) is 0. The van der Waals surface area contributed by atoms with Crippen molar-refractivity contribution in [3.05, 3.63) is 65.2 Å². The van der Waals surface area contributed by atoms with Gasteiger partial charge >= 0.3 is 6.18 Å². The number of ether oxygens (including phenoxy) is 1. The first kappa shape index (κ1) is 18.9. The summed E-state index contributed by atoms with van der Waals surface area (Å²) in [5.41, 5.74) is 7.75. The van der Waals surface area contributed by atoms with Crippen LogP contribution in [0.4, 0.5) is 18.9 Å². The van der Waals surface area contributed by atoms with Crippen molar-refractivity contribution in [1.29, 1.82) is 0 Å². The van der Waals surface area contributed by atoms with E-state index in [0.29, 0.717) is 23.2 Å². The highest BCUT2D eigenvalue weighted by Gasteiger charge is 2.37. The lowest BCUT2D eigenvalue weighted by atomic mass is 10.1. The molecule has 0 unspecified atom stereocenters. The van der Waals surface area contributed by atoms with Gasteiger partial charge in [-0.3, -0.25) is 14.5 Å². The van der Waals surface area contributed by atoms with Gasteiger partial charge in [-0.25, -0.2) is 0 Å². The number of alkyl halides is 3. The zero-order valence-corrected chi connectivity index (χ0v) is 14.2. The van der Waals surface area contributed by atoms with Crippen molar-refractivity contribution in [3.63, 3.8) is 0 Å². The lowest BCUT2D eigenvalue weighted by Gasteiger charge is -2.23. The Kier molecular flexibility index (Phi) is 5.18. The molecule has 1 aliphatic rings. The number of benzene rings is 2. The van der Waals surface area contributed by atoms with Crippen LogP contribution in [0.3, 0.4) is 0 Å². The highest BCUT2D eigenvalue weighted by atomic mass is 19.4. The summed E-state index contributed by atoms with van der Waals surface area (Å²) in [6.07, 6.45) is -4.04. The lowest BCUT2D eigenvalue weighted by Crippen LogP contribution is -2.46. The number of carbonyl (C=O) groups excluding carboxylic acids is 2. The minimum Gasteiger partial charge on any atom is -0.368 e. The first-order valence-electron chi connectivity index (χ1n) is 8.20. The van der Waals surface area contributed by atoms with Crippen molar-refractivity contribution in [2.24, 2.45) is 5.73 Å². The van der Waals surface area contributed by atoms with Crippen LogP contribution in [0.5, 0.6) is 0 Å². The van der Waals surface area contributed by atoms with Crippen molar-refractivity contribution in [3.8, 4) is 0 Å². The van der Waals surface area contributed by atoms with E-state index in [0.717, 1.165) is 5.56 Å². The van der Waals surface area contributed by atoms with Gasteiger partial charge in [0.05, 0.1) is 6.61 Å². The van der Waals surface area contributed by atoms with Crippen LogP contribution >= 0.6 is 0 Å². The molecule has 3 rings (SSSR count). The number of rotatable bonds is 5. The number of hydrogen-bond donors (Lipinski definition) is 1. The van der Waals surface area contributed by atoms with Crippen LogP contribution < -0.4 is 10.6 Å². The Hall–Kier alpha value is -2.87. The quantitative estimate of drug-likeness (QED) is 0.870. The van der Waals surface area contributed by atoms with Gasteiger partial charge in [0, 0.05) is 17.7 Å². The zero-order chi connectivity index (χ0) is 19.6. The van der Waals surface area contributed by atoms with Crippen molar-refractivity contribution in [1.82, 2.24) is 0 Å². The molecule has 5 nitrogen and oxygen atoms in total. The summed E-state index contributed by atoms with van der Waals surface area (Å²) < 4.78 is 40.9. The fraction of sp³-hybridized carbons (Fsp3) is 0.263. The van der Waals surface area contributed by atoms with E-state index in [1.165, 1.54) is 29.2 Å². The third kappa shape index (κ3) is 4.28. The maximum Gasteiger partial charge on any atom is 0.411 e. The molecule has 8 heteroatoms. The van der Waals surface area contributed by atoms with E-state index in [1.807, 2.05) is 12.1 Å². The van der Waals surface area contributed by atoms with E-state index in [9.17, 15) is 22.8 Å². The van der Waals surface area contributed by atoms with Crippen LogP contribution in [-0.4, -0.2) is 30.6 Å². The number of amides is 2. The van der Waals surface area contributed by atoms with Gasteiger partial charge in [-0.05, 0) is 29.3 Å². The number of nitrogens with zero attached hydrogens (tertiary/aromatic N) is 1. The van der Waals surface area contributed by atoms with Crippen LogP contribution in [0.1, 0.15) is 21.5 Å². The molecule has 0 saturated heterocycles. The van der Waals surface area contributed by atoms with Gasteiger partial charge < -0.3 is 10.5 Å². The molecule has 2 N–H and O–H groups in total. The molecule has 0 aliphatic carbocycles. The zero-order valence-electron chi connectivity index (χ0n) is 14.2. The minimum atomic E-state index is -4.39. The van der Waals surface area contributed by atoms with E-state index in [4.69, 9.17) is 5.73 Å².